The van der Waals surface area contributed by atoms with Crippen LogP contribution in [0.3, 0.4) is 0 Å². The van der Waals surface area contributed by atoms with Crippen molar-refractivity contribution >= 4 is 5.65 Å². The number of hydrogen-bond donors (Lipinski definition) is 1. The minimum absolute atomic E-state index is 0.815. The van der Waals surface area contributed by atoms with E-state index in [9.17, 15) is 0 Å². The standard InChI is InChI=1S/C14H21N3O/c1-2-9-18-10-5-7-15-11-13-12-17-8-4-3-6-14(17)16-13/h3-4,6,8,12,15H,2,5,7,9-11H2,1H3. The van der Waals surface area contributed by atoms with Gasteiger partial charge in [-0.25, -0.2) is 4.98 Å². The molecule has 4 nitrogen and oxygen atoms in total. The fourth-order valence-electron chi connectivity index (χ4n) is 1.83. The molecule has 0 aliphatic heterocycles. The van der Waals surface area contributed by atoms with Gasteiger partial charge in [0.25, 0.3) is 0 Å². The van der Waals surface area contributed by atoms with Crippen molar-refractivity contribution in [2.24, 2.45) is 0 Å². The molecule has 0 saturated heterocycles. The van der Waals surface area contributed by atoms with Crippen LogP contribution in [0.5, 0.6) is 0 Å². The van der Waals surface area contributed by atoms with Crippen LogP contribution >= 0.6 is 0 Å². The van der Waals surface area contributed by atoms with Crippen molar-refractivity contribution < 1.29 is 4.74 Å². The van der Waals surface area contributed by atoms with E-state index in [0.717, 1.165) is 50.5 Å². The monoisotopic (exact) mass is 247 g/mol. The van der Waals surface area contributed by atoms with Crippen LogP contribution in [0.25, 0.3) is 5.65 Å². The Morgan fingerprint density at radius 1 is 1.33 bits per heavy atom. The van der Waals surface area contributed by atoms with Crippen molar-refractivity contribution in [2.75, 3.05) is 19.8 Å². The molecule has 2 rings (SSSR count). The highest BCUT2D eigenvalue weighted by atomic mass is 16.5. The number of nitrogens with zero attached hydrogens (tertiary/aromatic N) is 2. The summed E-state index contributed by atoms with van der Waals surface area (Å²) in [6, 6.07) is 6.03. The lowest BCUT2D eigenvalue weighted by Gasteiger charge is -2.03. The van der Waals surface area contributed by atoms with Crippen molar-refractivity contribution in [2.45, 2.75) is 26.3 Å². The zero-order valence-electron chi connectivity index (χ0n) is 10.9. The van der Waals surface area contributed by atoms with Gasteiger partial charge in [-0.2, -0.15) is 0 Å². The summed E-state index contributed by atoms with van der Waals surface area (Å²) in [4.78, 5) is 4.53. The van der Waals surface area contributed by atoms with Crippen LogP contribution < -0.4 is 5.32 Å². The molecule has 4 heteroatoms. The molecule has 0 radical (unpaired) electrons. The van der Waals surface area contributed by atoms with Crippen molar-refractivity contribution in [3.05, 3.63) is 36.3 Å². The van der Waals surface area contributed by atoms with Crippen LogP contribution in [0.2, 0.25) is 0 Å². The zero-order chi connectivity index (χ0) is 12.6. The van der Waals surface area contributed by atoms with Crippen molar-refractivity contribution in [1.82, 2.24) is 14.7 Å². The third-order valence-electron chi connectivity index (χ3n) is 2.71. The topological polar surface area (TPSA) is 38.6 Å². The second kappa shape index (κ2) is 7.13. The molecule has 0 saturated carbocycles. The number of nitrogens with one attached hydrogen (secondary N) is 1. The van der Waals surface area contributed by atoms with E-state index in [1.807, 2.05) is 28.8 Å². The minimum Gasteiger partial charge on any atom is -0.381 e. The molecule has 0 amide bonds. The number of hydrogen-bond acceptors (Lipinski definition) is 3. The third kappa shape index (κ3) is 3.82. The maximum absolute atomic E-state index is 5.42. The number of ether oxygens (including phenoxy) is 1. The average molecular weight is 247 g/mol. The van der Waals surface area contributed by atoms with E-state index in [-0.39, 0.29) is 0 Å². The fraction of sp³-hybridized carbons (Fsp3) is 0.500. The Morgan fingerprint density at radius 3 is 3.11 bits per heavy atom. The first-order valence-electron chi connectivity index (χ1n) is 6.61. The van der Waals surface area contributed by atoms with E-state index in [2.05, 4.69) is 23.4 Å². The van der Waals surface area contributed by atoms with E-state index >= 15 is 0 Å². The summed E-state index contributed by atoms with van der Waals surface area (Å²) in [6.45, 7) is 5.62. The van der Waals surface area contributed by atoms with Gasteiger partial charge < -0.3 is 14.5 Å². The summed E-state index contributed by atoms with van der Waals surface area (Å²) in [7, 11) is 0. The summed E-state index contributed by atoms with van der Waals surface area (Å²) in [5.74, 6) is 0. The molecule has 98 valence electrons. The van der Waals surface area contributed by atoms with Crippen molar-refractivity contribution in [1.29, 1.82) is 0 Å². The van der Waals surface area contributed by atoms with Crippen LogP contribution in [0.15, 0.2) is 30.6 Å². The zero-order valence-corrected chi connectivity index (χ0v) is 10.9. The lowest BCUT2D eigenvalue weighted by Crippen LogP contribution is -2.16. The van der Waals surface area contributed by atoms with Crippen LogP contribution in [0.1, 0.15) is 25.5 Å². The van der Waals surface area contributed by atoms with E-state index in [1.165, 1.54) is 0 Å². The second-order valence-corrected chi connectivity index (χ2v) is 4.34. The van der Waals surface area contributed by atoms with Crippen molar-refractivity contribution in [3.63, 3.8) is 0 Å². The molecular weight excluding hydrogens is 226 g/mol. The predicted molar refractivity (Wildman–Crippen MR) is 72.6 cm³/mol. The molecular formula is C14H21N3O. The largest absolute Gasteiger partial charge is 0.381 e. The maximum Gasteiger partial charge on any atom is 0.137 e. The Labute approximate surface area is 108 Å². The van der Waals surface area contributed by atoms with Crippen LogP contribution in [-0.4, -0.2) is 29.1 Å². The molecule has 1 N–H and O–H groups in total. The molecule has 2 aromatic heterocycles. The normalized spacial score (nSPS) is 11.2. The summed E-state index contributed by atoms with van der Waals surface area (Å²) >= 11 is 0. The van der Waals surface area contributed by atoms with Gasteiger partial charge in [-0.05, 0) is 31.5 Å². The molecule has 0 aliphatic carbocycles. The maximum atomic E-state index is 5.42. The first-order chi connectivity index (χ1) is 8.90. The second-order valence-electron chi connectivity index (χ2n) is 4.34. The molecule has 0 unspecified atom stereocenters. The summed E-state index contributed by atoms with van der Waals surface area (Å²) in [5.41, 5.74) is 2.08. The molecule has 0 spiro atoms. The van der Waals surface area contributed by atoms with Gasteiger partial charge in [0.15, 0.2) is 0 Å². The number of imidazole rings is 1. The molecule has 2 heterocycles. The van der Waals surface area contributed by atoms with Crippen LogP contribution in [0, 0.1) is 0 Å². The van der Waals surface area contributed by atoms with Crippen LogP contribution in [0.4, 0.5) is 0 Å². The van der Waals surface area contributed by atoms with Gasteiger partial charge in [-0.3, -0.25) is 0 Å². The number of rotatable bonds is 8. The third-order valence-corrected chi connectivity index (χ3v) is 2.71. The molecule has 0 aliphatic rings. The first kappa shape index (κ1) is 13.1. The van der Waals surface area contributed by atoms with Gasteiger partial charge in [0.1, 0.15) is 5.65 Å². The Bertz CT molecular complexity index is 434. The Hall–Kier alpha value is -1.39. The average Bonchev–Trinajstić information content (AvgIpc) is 2.80. The van der Waals surface area contributed by atoms with Gasteiger partial charge in [0, 0.05) is 32.2 Å². The number of pyridine rings is 1. The minimum atomic E-state index is 0.815. The quantitative estimate of drug-likeness (QED) is 0.727. The van der Waals surface area contributed by atoms with Gasteiger partial charge in [0.2, 0.25) is 0 Å². The van der Waals surface area contributed by atoms with Gasteiger partial charge >= 0.3 is 0 Å². The number of fused-ring (bicyclic) bond motifs is 1. The summed E-state index contributed by atoms with van der Waals surface area (Å²) < 4.78 is 7.47. The fourth-order valence-corrected chi connectivity index (χ4v) is 1.83. The SMILES string of the molecule is CCCOCCCNCc1cn2ccccc2n1. The lowest BCUT2D eigenvalue weighted by atomic mass is 10.4. The number of aromatic nitrogens is 2. The Kier molecular flexibility index (Phi) is 5.17. The molecule has 0 bridgehead atoms. The molecule has 0 atom stereocenters. The lowest BCUT2D eigenvalue weighted by molar-refractivity contribution is 0.132. The van der Waals surface area contributed by atoms with Gasteiger partial charge in [-0.1, -0.05) is 13.0 Å². The molecule has 0 fully saturated rings. The Balaban J connectivity index is 1.67. The van der Waals surface area contributed by atoms with Gasteiger partial charge in [-0.15, -0.1) is 0 Å². The van der Waals surface area contributed by atoms with Crippen molar-refractivity contribution in [3.8, 4) is 0 Å². The van der Waals surface area contributed by atoms with Gasteiger partial charge in [0.05, 0.1) is 5.69 Å². The summed E-state index contributed by atoms with van der Waals surface area (Å²) in [6.07, 6.45) is 6.22. The van der Waals surface area contributed by atoms with E-state index in [1.54, 1.807) is 0 Å². The highest BCUT2D eigenvalue weighted by Gasteiger charge is 1.99. The molecule has 0 aromatic carbocycles. The predicted octanol–water partition coefficient (Wildman–Crippen LogP) is 2.24. The van der Waals surface area contributed by atoms with Crippen LogP contribution in [-0.2, 0) is 11.3 Å². The first-order valence-corrected chi connectivity index (χ1v) is 6.61. The van der Waals surface area contributed by atoms with E-state index in [0.29, 0.717) is 0 Å². The Morgan fingerprint density at radius 2 is 2.28 bits per heavy atom. The highest BCUT2D eigenvalue weighted by molar-refractivity contribution is 5.39. The highest BCUT2D eigenvalue weighted by Crippen LogP contribution is 2.03. The van der Waals surface area contributed by atoms with E-state index < -0.39 is 0 Å². The smallest absolute Gasteiger partial charge is 0.137 e. The molecule has 18 heavy (non-hydrogen) atoms. The van der Waals surface area contributed by atoms with E-state index in [4.69, 9.17) is 4.74 Å². The molecule has 2 aromatic rings. The summed E-state index contributed by atoms with van der Waals surface area (Å²) in [5, 5.41) is 3.38.